The molecule has 1 atom stereocenters. The lowest BCUT2D eigenvalue weighted by Crippen LogP contribution is -2.23. The number of hydrogen-bond donors (Lipinski definition) is 3. The van der Waals surface area contributed by atoms with E-state index in [2.05, 4.69) is 25.5 Å². The number of amides is 1. The van der Waals surface area contributed by atoms with Crippen molar-refractivity contribution in [2.45, 2.75) is 38.3 Å². The molecule has 4 aromatic rings. The number of fused-ring (bicyclic) bond motifs is 1. The van der Waals surface area contributed by atoms with E-state index in [9.17, 15) is 18.7 Å². The first-order valence-electron chi connectivity index (χ1n) is 13.9. The molecule has 0 unspecified atom stereocenters. The normalized spacial score (nSPS) is 15.6. The molecule has 0 bridgehead atoms. The lowest BCUT2D eigenvalue weighted by Gasteiger charge is -2.24. The first-order valence-corrected chi connectivity index (χ1v) is 14.3. The molecule has 12 heteroatoms. The summed E-state index contributed by atoms with van der Waals surface area (Å²) >= 11 is 6.53. The van der Waals surface area contributed by atoms with E-state index < -0.39 is 17.2 Å². The Morgan fingerprint density at radius 2 is 1.91 bits per heavy atom. The van der Waals surface area contributed by atoms with Gasteiger partial charge in [-0.25, -0.2) is 18.7 Å². The minimum atomic E-state index is -1.41. The Hall–Kier alpha value is -4.32. The minimum absolute atomic E-state index is 0.0546. The number of ether oxygens (including phenoxy) is 2. The number of carbonyl (C=O) groups is 1. The van der Waals surface area contributed by atoms with Gasteiger partial charge in [0.25, 0.3) is 0 Å². The number of carbonyl (C=O) groups excluding carboxylic acids is 1. The van der Waals surface area contributed by atoms with Crippen molar-refractivity contribution >= 4 is 45.6 Å². The van der Waals surface area contributed by atoms with Crippen molar-refractivity contribution in [1.82, 2.24) is 14.9 Å². The van der Waals surface area contributed by atoms with Crippen LogP contribution in [0.5, 0.6) is 17.2 Å². The second-order valence-electron chi connectivity index (χ2n) is 11.0. The highest BCUT2D eigenvalue weighted by atomic mass is 35.5. The molecule has 1 fully saturated rings. The third kappa shape index (κ3) is 6.91. The summed E-state index contributed by atoms with van der Waals surface area (Å²) in [5, 5.41) is 17.8. The van der Waals surface area contributed by atoms with Crippen LogP contribution in [-0.2, 0) is 10.4 Å². The topological polar surface area (TPSA) is 109 Å². The number of nitrogens with zero attached hydrogens (tertiary/aromatic N) is 3. The van der Waals surface area contributed by atoms with Crippen LogP contribution in [-0.4, -0.2) is 52.6 Å². The van der Waals surface area contributed by atoms with Crippen molar-refractivity contribution in [1.29, 1.82) is 0 Å². The molecule has 44 heavy (non-hydrogen) atoms. The number of likely N-dealkylation sites (tertiary alicyclic amines) is 1. The van der Waals surface area contributed by atoms with Crippen molar-refractivity contribution in [3.63, 3.8) is 0 Å². The predicted octanol–water partition coefficient (Wildman–Crippen LogP) is 6.92. The summed E-state index contributed by atoms with van der Waals surface area (Å²) in [4.78, 5) is 23.8. The molecular formula is C32H32ClF2N5O4. The summed E-state index contributed by atoms with van der Waals surface area (Å²) in [5.74, 6) is -1.36. The number of methoxy groups -OCH3 is 1. The van der Waals surface area contributed by atoms with Crippen molar-refractivity contribution < 1.29 is 28.2 Å². The molecule has 3 N–H and O–H groups in total. The molecule has 2 heterocycles. The van der Waals surface area contributed by atoms with Gasteiger partial charge in [-0.1, -0.05) is 17.7 Å². The van der Waals surface area contributed by atoms with Crippen LogP contribution in [0.15, 0.2) is 60.9 Å². The van der Waals surface area contributed by atoms with E-state index in [1.807, 2.05) is 13.1 Å². The van der Waals surface area contributed by atoms with Crippen LogP contribution < -0.4 is 20.1 Å². The fourth-order valence-corrected chi connectivity index (χ4v) is 5.25. The monoisotopic (exact) mass is 623 g/mol. The Morgan fingerprint density at radius 3 is 2.59 bits per heavy atom. The molecule has 0 spiro atoms. The molecule has 1 saturated heterocycles. The molecule has 0 aliphatic carbocycles. The van der Waals surface area contributed by atoms with Gasteiger partial charge in [0.1, 0.15) is 29.5 Å². The van der Waals surface area contributed by atoms with E-state index in [-0.39, 0.29) is 28.5 Å². The quantitative estimate of drug-likeness (QED) is 0.172. The van der Waals surface area contributed by atoms with Crippen LogP contribution in [0.2, 0.25) is 5.02 Å². The number of anilines is 3. The number of hydrogen-bond acceptors (Lipinski definition) is 8. The maximum Gasteiger partial charge on any atom is 0.248 e. The molecule has 0 radical (unpaired) electrons. The summed E-state index contributed by atoms with van der Waals surface area (Å²) in [7, 11) is 3.53. The minimum Gasteiger partial charge on any atom is -0.494 e. The summed E-state index contributed by atoms with van der Waals surface area (Å²) < 4.78 is 38.8. The molecule has 5 rings (SSSR count). The highest BCUT2D eigenvalue weighted by Gasteiger charge is 2.25. The van der Waals surface area contributed by atoms with Gasteiger partial charge in [-0.3, -0.25) is 9.69 Å². The fourth-order valence-electron chi connectivity index (χ4n) is 5.05. The summed E-state index contributed by atoms with van der Waals surface area (Å²) in [5.41, 5.74) is 0.285. The zero-order chi connectivity index (χ0) is 31.6. The lowest BCUT2D eigenvalue weighted by atomic mass is 9.96. The molecule has 1 aromatic heterocycles. The van der Waals surface area contributed by atoms with Crippen LogP contribution in [0.4, 0.5) is 26.0 Å². The lowest BCUT2D eigenvalue weighted by molar-refractivity contribution is -0.112. The zero-order valence-electron chi connectivity index (χ0n) is 24.6. The maximum atomic E-state index is 14.3. The highest BCUT2D eigenvalue weighted by molar-refractivity contribution is 6.32. The van der Waals surface area contributed by atoms with Crippen molar-refractivity contribution in [2.75, 3.05) is 31.3 Å². The Morgan fingerprint density at radius 1 is 1.11 bits per heavy atom. The van der Waals surface area contributed by atoms with Crippen LogP contribution in [0.3, 0.4) is 0 Å². The molecule has 1 aliphatic heterocycles. The van der Waals surface area contributed by atoms with E-state index >= 15 is 0 Å². The smallest absolute Gasteiger partial charge is 0.248 e. The third-order valence-electron chi connectivity index (χ3n) is 7.36. The number of benzene rings is 3. The zero-order valence-corrected chi connectivity index (χ0v) is 25.4. The molecule has 9 nitrogen and oxygen atoms in total. The van der Waals surface area contributed by atoms with Gasteiger partial charge in [0, 0.05) is 40.9 Å². The van der Waals surface area contributed by atoms with Gasteiger partial charge in [-0.2, -0.15) is 0 Å². The number of likely N-dealkylation sites (N-methyl/N-ethyl adjacent to an activating group) is 1. The van der Waals surface area contributed by atoms with Crippen molar-refractivity contribution in [3.8, 4) is 17.2 Å². The van der Waals surface area contributed by atoms with Gasteiger partial charge in [-0.05, 0) is 70.6 Å². The summed E-state index contributed by atoms with van der Waals surface area (Å²) in [6, 6.07) is 9.50. The van der Waals surface area contributed by atoms with Gasteiger partial charge < -0.3 is 25.2 Å². The number of aliphatic hydroxyl groups is 1. The van der Waals surface area contributed by atoms with Crippen LogP contribution in [0.25, 0.3) is 10.9 Å². The van der Waals surface area contributed by atoms with Gasteiger partial charge in [0.2, 0.25) is 5.91 Å². The Kier molecular flexibility index (Phi) is 9.00. The third-order valence-corrected chi connectivity index (χ3v) is 7.65. The van der Waals surface area contributed by atoms with Crippen molar-refractivity contribution in [2.24, 2.45) is 0 Å². The number of nitrogens with one attached hydrogen (secondary N) is 2. The van der Waals surface area contributed by atoms with Crippen LogP contribution >= 0.6 is 11.6 Å². The highest BCUT2D eigenvalue weighted by Crippen LogP contribution is 2.41. The van der Waals surface area contributed by atoms with Gasteiger partial charge >= 0.3 is 0 Å². The van der Waals surface area contributed by atoms with Gasteiger partial charge in [0.05, 0.1) is 28.9 Å². The Labute approximate surface area is 258 Å². The first-order chi connectivity index (χ1) is 20.9. The number of aromatic nitrogens is 2. The Bertz CT molecular complexity index is 1740. The Balaban J connectivity index is 1.48. The molecule has 1 aliphatic rings. The second kappa shape index (κ2) is 12.7. The van der Waals surface area contributed by atoms with E-state index in [1.165, 1.54) is 31.6 Å². The second-order valence-corrected chi connectivity index (χ2v) is 11.4. The molecule has 3 aromatic carbocycles. The van der Waals surface area contributed by atoms with Crippen LogP contribution in [0, 0.1) is 11.6 Å². The molecule has 0 saturated carbocycles. The SMILES string of the molecule is COc1cc2ncnc(Nc3cc(Cl)c(Oc4ccc(F)cc4F)cc3C(C)(C)O)c2cc1NC(=O)/C=C/[C@H]1CCCN1C. The number of rotatable bonds is 9. The molecule has 1 amide bonds. The summed E-state index contributed by atoms with van der Waals surface area (Å²) in [6.45, 7) is 4.13. The maximum absolute atomic E-state index is 14.3. The average Bonchev–Trinajstić information content (AvgIpc) is 3.38. The molecular weight excluding hydrogens is 592 g/mol. The van der Waals surface area contributed by atoms with E-state index in [0.717, 1.165) is 31.5 Å². The van der Waals surface area contributed by atoms with Crippen molar-refractivity contribution in [3.05, 3.63) is 83.2 Å². The standard InChI is InChI=1S/C32H32ClF2N5O4/c1-32(2,42)21-14-28(44-27-9-7-18(34)12-23(27)35)22(33)15-25(21)39-31-20-13-26(29(43-4)16-24(20)36-17-37-31)38-30(41)10-8-19-6-5-11-40(19)3/h7-10,12-17,19,42H,5-6,11H2,1-4H3,(H,38,41)(H,36,37,39)/b10-8+/t19-/m1/s1. The van der Waals surface area contributed by atoms with E-state index in [1.54, 1.807) is 26.0 Å². The molecule has 230 valence electrons. The number of halogens is 3. The summed E-state index contributed by atoms with van der Waals surface area (Å²) in [6.07, 6.45) is 6.87. The van der Waals surface area contributed by atoms with Gasteiger partial charge in [-0.15, -0.1) is 0 Å². The van der Waals surface area contributed by atoms with Crippen LogP contribution in [0.1, 0.15) is 32.3 Å². The fraction of sp³-hybridized carbons (Fsp3) is 0.281. The average molecular weight is 624 g/mol. The predicted molar refractivity (Wildman–Crippen MR) is 166 cm³/mol. The van der Waals surface area contributed by atoms with Gasteiger partial charge in [0.15, 0.2) is 11.6 Å². The first kappa shape index (κ1) is 31.1. The van der Waals surface area contributed by atoms with E-state index in [4.69, 9.17) is 21.1 Å². The van der Waals surface area contributed by atoms with E-state index in [0.29, 0.717) is 45.5 Å². The largest absolute Gasteiger partial charge is 0.494 e.